The third kappa shape index (κ3) is 4.10. The van der Waals surface area contributed by atoms with Crippen molar-refractivity contribution in [2.75, 3.05) is 7.11 Å². The van der Waals surface area contributed by atoms with Gasteiger partial charge in [-0.3, -0.25) is 4.68 Å². The van der Waals surface area contributed by atoms with E-state index in [1.54, 1.807) is 35.0 Å². The first-order valence-corrected chi connectivity index (χ1v) is 7.44. The van der Waals surface area contributed by atoms with Crippen molar-refractivity contribution >= 4 is 18.0 Å². The maximum atomic E-state index is 11.9. The van der Waals surface area contributed by atoms with Crippen LogP contribution in [0.3, 0.4) is 0 Å². The van der Waals surface area contributed by atoms with Crippen LogP contribution in [-0.2, 0) is 27.9 Å². The Balaban J connectivity index is 1.98. The zero-order valence-electron chi connectivity index (χ0n) is 14.2. The Morgan fingerprint density at radius 1 is 1.29 bits per heavy atom. The van der Waals surface area contributed by atoms with E-state index >= 15 is 0 Å². The van der Waals surface area contributed by atoms with Gasteiger partial charge in [-0.25, -0.2) is 9.59 Å². The number of ether oxygens (including phenoxy) is 2. The Bertz CT molecular complexity index is 790. The van der Waals surface area contributed by atoms with Gasteiger partial charge >= 0.3 is 11.9 Å². The van der Waals surface area contributed by atoms with Crippen molar-refractivity contribution in [1.82, 2.24) is 9.78 Å². The highest BCUT2D eigenvalue weighted by Gasteiger charge is 2.08. The van der Waals surface area contributed by atoms with Gasteiger partial charge in [-0.2, -0.15) is 5.10 Å². The Morgan fingerprint density at radius 2 is 2.04 bits per heavy atom. The fraction of sp³-hybridized carbons (Fsp3) is 0.278. The summed E-state index contributed by atoms with van der Waals surface area (Å²) in [6, 6.07) is 6.77. The summed E-state index contributed by atoms with van der Waals surface area (Å²) < 4.78 is 11.6. The molecular weight excluding hydrogens is 308 g/mol. The van der Waals surface area contributed by atoms with Crippen molar-refractivity contribution in [3.63, 3.8) is 0 Å². The van der Waals surface area contributed by atoms with Crippen LogP contribution in [0.5, 0.6) is 0 Å². The molecule has 1 aromatic heterocycles. The number of carbonyl (C=O) groups is 2. The molecule has 1 heterocycles. The van der Waals surface area contributed by atoms with Gasteiger partial charge in [0.15, 0.2) is 0 Å². The monoisotopic (exact) mass is 328 g/mol. The molecule has 2 rings (SSSR count). The van der Waals surface area contributed by atoms with Crippen LogP contribution in [0.1, 0.15) is 32.9 Å². The summed E-state index contributed by atoms with van der Waals surface area (Å²) >= 11 is 0. The van der Waals surface area contributed by atoms with E-state index in [0.717, 1.165) is 17.0 Å². The molecule has 126 valence electrons. The predicted molar refractivity (Wildman–Crippen MR) is 89.3 cm³/mol. The summed E-state index contributed by atoms with van der Waals surface area (Å²) in [6.45, 7) is 3.90. The van der Waals surface area contributed by atoms with Gasteiger partial charge in [-0.1, -0.05) is 12.1 Å². The SMILES string of the molecule is COC(=O)c1cccc(COC(=O)/C=C/c2c(C)nn(C)c2C)c1. The molecule has 0 saturated heterocycles. The molecule has 0 spiro atoms. The lowest BCUT2D eigenvalue weighted by Crippen LogP contribution is -2.04. The lowest BCUT2D eigenvalue weighted by atomic mass is 10.1. The molecule has 0 amide bonds. The molecule has 2 aromatic rings. The Hall–Kier alpha value is -2.89. The molecule has 0 aliphatic heterocycles. The quantitative estimate of drug-likeness (QED) is 0.623. The van der Waals surface area contributed by atoms with Crippen LogP contribution in [0.2, 0.25) is 0 Å². The highest BCUT2D eigenvalue weighted by atomic mass is 16.5. The number of aryl methyl sites for hydroxylation is 2. The molecule has 0 fully saturated rings. The second-order valence-corrected chi connectivity index (χ2v) is 5.34. The van der Waals surface area contributed by atoms with E-state index in [9.17, 15) is 9.59 Å². The standard InChI is InChI=1S/C18H20N2O4/c1-12-16(13(2)20(3)19-12)8-9-17(21)24-11-14-6-5-7-15(10-14)18(22)23-4/h5-10H,11H2,1-4H3/b9-8+. The van der Waals surface area contributed by atoms with Gasteiger partial charge in [-0.05, 0) is 37.6 Å². The van der Waals surface area contributed by atoms with E-state index in [4.69, 9.17) is 4.74 Å². The van der Waals surface area contributed by atoms with Gasteiger partial charge in [-0.15, -0.1) is 0 Å². The largest absolute Gasteiger partial charge is 0.465 e. The Kier molecular flexibility index (Phi) is 5.52. The van der Waals surface area contributed by atoms with Crippen molar-refractivity contribution in [1.29, 1.82) is 0 Å². The van der Waals surface area contributed by atoms with Gasteiger partial charge in [0.25, 0.3) is 0 Å². The van der Waals surface area contributed by atoms with Gasteiger partial charge in [0.1, 0.15) is 6.61 Å². The number of methoxy groups -OCH3 is 1. The molecule has 6 nitrogen and oxygen atoms in total. The van der Waals surface area contributed by atoms with Crippen LogP contribution < -0.4 is 0 Å². The molecular formula is C18H20N2O4. The molecule has 6 heteroatoms. The minimum atomic E-state index is -0.457. The summed E-state index contributed by atoms with van der Waals surface area (Å²) in [5.74, 6) is -0.883. The molecule has 0 aliphatic carbocycles. The molecule has 0 N–H and O–H groups in total. The highest BCUT2D eigenvalue weighted by molar-refractivity contribution is 5.89. The fourth-order valence-electron chi connectivity index (χ4n) is 2.29. The van der Waals surface area contributed by atoms with Crippen LogP contribution in [0, 0.1) is 13.8 Å². The van der Waals surface area contributed by atoms with Crippen molar-refractivity contribution < 1.29 is 19.1 Å². The fourth-order valence-corrected chi connectivity index (χ4v) is 2.29. The molecule has 1 aromatic carbocycles. The van der Waals surface area contributed by atoms with Crippen LogP contribution in [0.4, 0.5) is 0 Å². The zero-order chi connectivity index (χ0) is 17.7. The van der Waals surface area contributed by atoms with Gasteiger partial charge < -0.3 is 9.47 Å². The maximum absolute atomic E-state index is 11.9. The molecule has 24 heavy (non-hydrogen) atoms. The van der Waals surface area contributed by atoms with Gasteiger partial charge in [0.05, 0.1) is 18.4 Å². The maximum Gasteiger partial charge on any atom is 0.337 e. The van der Waals surface area contributed by atoms with Crippen molar-refractivity contribution in [2.24, 2.45) is 7.05 Å². The molecule has 0 aliphatic rings. The van der Waals surface area contributed by atoms with E-state index < -0.39 is 11.9 Å². The first-order chi connectivity index (χ1) is 11.4. The highest BCUT2D eigenvalue weighted by Crippen LogP contribution is 2.14. The van der Waals surface area contributed by atoms with Crippen molar-refractivity contribution in [3.8, 4) is 0 Å². The van der Waals surface area contributed by atoms with Crippen LogP contribution in [0.15, 0.2) is 30.3 Å². The number of carbonyl (C=O) groups excluding carboxylic acids is 2. The van der Waals surface area contributed by atoms with E-state index in [0.29, 0.717) is 11.1 Å². The lowest BCUT2D eigenvalue weighted by Gasteiger charge is -2.04. The predicted octanol–water partition coefficient (Wildman–Crippen LogP) is 2.58. The van der Waals surface area contributed by atoms with Gasteiger partial charge in [0, 0.05) is 24.4 Å². The third-order valence-corrected chi connectivity index (χ3v) is 3.68. The van der Waals surface area contributed by atoms with Crippen LogP contribution in [-0.4, -0.2) is 28.8 Å². The summed E-state index contributed by atoms with van der Waals surface area (Å²) in [6.07, 6.45) is 3.08. The first kappa shape index (κ1) is 17.5. The molecule has 0 unspecified atom stereocenters. The first-order valence-electron chi connectivity index (χ1n) is 7.44. The van der Waals surface area contributed by atoms with E-state index in [-0.39, 0.29) is 6.61 Å². The molecule has 0 radical (unpaired) electrons. The number of hydrogen-bond donors (Lipinski definition) is 0. The average Bonchev–Trinajstić information content (AvgIpc) is 2.83. The molecule has 0 atom stereocenters. The summed E-state index contributed by atoms with van der Waals surface area (Å²) in [4.78, 5) is 23.3. The van der Waals surface area contributed by atoms with Crippen LogP contribution in [0.25, 0.3) is 6.08 Å². The van der Waals surface area contributed by atoms with Gasteiger partial charge in [0.2, 0.25) is 0 Å². The normalized spacial score (nSPS) is 10.8. The topological polar surface area (TPSA) is 70.4 Å². The second kappa shape index (κ2) is 7.59. The number of rotatable bonds is 5. The van der Waals surface area contributed by atoms with Crippen LogP contribution >= 0.6 is 0 Å². The Morgan fingerprint density at radius 3 is 2.67 bits per heavy atom. The summed E-state index contributed by atoms with van der Waals surface area (Å²) in [7, 11) is 3.18. The lowest BCUT2D eigenvalue weighted by molar-refractivity contribution is -0.138. The number of aromatic nitrogens is 2. The smallest absolute Gasteiger partial charge is 0.337 e. The number of esters is 2. The van der Waals surface area contributed by atoms with Crippen molar-refractivity contribution in [3.05, 3.63) is 58.4 Å². The van der Waals surface area contributed by atoms with E-state index in [1.807, 2.05) is 20.9 Å². The number of hydrogen-bond acceptors (Lipinski definition) is 5. The average molecular weight is 328 g/mol. The van der Waals surface area contributed by atoms with E-state index in [1.165, 1.54) is 13.2 Å². The zero-order valence-corrected chi connectivity index (χ0v) is 14.2. The van der Waals surface area contributed by atoms with E-state index in [2.05, 4.69) is 9.84 Å². The minimum Gasteiger partial charge on any atom is -0.465 e. The Labute approximate surface area is 140 Å². The number of benzene rings is 1. The number of nitrogens with zero attached hydrogens (tertiary/aromatic N) is 2. The third-order valence-electron chi connectivity index (χ3n) is 3.68. The summed E-state index contributed by atoms with van der Waals surface area (Å²) in [5.41, 5.74) is 3.87. The second-order valence-electron chi connectivity index (χ2n) is 5.34. The van der Waals surface area contributed by atoms with Crippen molar-refractivity contribution in [2.45, 2.75) is 20.5 Å². The summed E-state index contributed by atoms with van der Waals surface area (Å²) in [5, 5.41) is 4.29. The molecule has 0 saturated carbocycles. The molecule has 0 bridgehead atoms. The minimum absolute atomic E-state index is 0.0824.